The molecule has 0 amide bonds. The van der Waals surface area contributed by atoms with Crippen molar-refractivity contribution >= 4 is 32.3 Å². The van der Waals surface area contributed by atoms with Crippen molar-refractivity contribution in [1.82, 2.24) is 9.97 Å². The summed E-state index contributed by atoms with van der Waals surface area (Å²) in [6.45, 7) is 9.70. The van der Waals surface area contributed by atoms with Crippen LogP contribution in [0, 0.1) is 19.8 Å². The summed E-state index contributed by atoms with van der Waals surface area (Å²) in [5, 5.41) is 4.43. The lowest BCUT2D eigenvalue weighted by atomic mass is 9.82. The molecule has 1 fully saturated rings. The summed E-state index contributed by atoms with van der Waals surface area (Å²) in [4.78, 5) is 9.86. The molecule has 0 saturated carbocycles. The van der Waals surface area contributed by atoms with Crippen LogP contribution in [0.2, 0.25) is 0 Å². The fourth-order valence-corrected chi connectivity index (χ4v) is 6.72. The highest BCUT2D eigenvalue weighted by Crippen LogP contribution is 2.39. The van der Waals surface area contributed by atoms with E-state index in [-0.39, 0.29) is 22.0 Å². The van der Waals surface area contributed by atoms with Gasteiger partial charge in [0.25, 0.3) is 10.0 Å². The fourth-order valence-electron chi connectivity index (χ4n) is 4.32. The predicted molar refractivity (Wildman–Crippen MR) is 140 cm³/mol. The second-order valence-electron chi connectivity index (χ2n) is 9.31. The van der Waals surface area contributed by atoms with E-state index >= 15 is 0 Å². The number of ether oxygens (including phenoxy) is 2. The number of pyridine rings is 1. The topological polar surface area (TPSA) is 102 Å². The number of methoxy groups -OCH3 is 1. The SMILES string of the molecule is COc1ccc(-c2sc(NC(C)(C)C3CCOCC3)nc2C)cc1S(=O)(=O)Nc1ncccc1C. The monoisotopic (exact) mass is 516 g/mol. The quantitative estimate of drug-likeness (QED) is 0.422. The normalized spacial score (nSPS) is 15.1. The van der Waals surface area contributed by atoms with E-state index < -0.39 is 10.0 Å². The summed E-state index contributed by atoms with van der Waals surface area (Å²) >= 11 is 1.52. The van der Waals surface area contributed by atoms with Gasteiger partial charge >= 0.3 is 0 Å². The Morgan fingerprint density at radius 1 is 1.17 bits per heavy atom. The lowest BCUT2D eigenvalue weighted by molar-refractivity contribution is 0.0491. The van der Waals surface area contributed by atoms with Gasteiger partial charge in [-0.3, -0.25) is 4.72 Å². The molecule has 1 aromatic carbocycles. The minimum Gasteiger partial charge on any atom is -0.495 e. The van der Waals surface area contributed by atoms with Crippen LogP contribution in [-0.4, -0.2) is 44.2 Å². The van der Waals surface area contributed by atoms with Crippen molar-refractivity contribution in [3.8, 4) is 16.2 Å². The first-order valence-corrected chi connectivity index (χ1v) is 13.9. The Morgan fingerprint density at radius 3 is 2.60 bits per heavy atom. The molecular formula is C25H32N4O4S2. The summed E-state index contributed by atoms with van der Waals surface area (Å²) in [5.41, 5.74) is 2.19. The number of nitrogens with one attached hydrogen (secondary N) is 2. The zero-order chi connectivity index (χ0) is 25.2. The standard InChI is InChI=1S/C25H32N4O4S2/c1-16-7-6-12-26-23(16)29-35(30,31)21-15-18(8-9-20(21)32-5)22-17(2)27-24(34-22)28-25(3,4)19-10-13-33-14-11-19/h6-9,12,15,19H,10-11,13-14H2,1-5H3,(H,26,29)(H,27,28). The van der Waals surface area contributed by atoms with Gasteiger partial charge in [-0.25, -0.2) is 18.4 Å². The number of anilines is 2. The molecule has 10 heteroatoms. The van der Waals surface area contributed by atoms with E-state index in [1.807, 2.05) is 13.0 Å². The van der Waals surface area contributed by atoms with E-state index in [2.05, 4.69) is 28.9 Å². The van der Waals surface area contributed by atoms with Crippen LogP contribution in [0.25, 0.3) is 10.4 Å². The van der Waals surface area contributed by atoms with Gasteiger partial charge in [0, 0.05) is 24.9 Å². The Kier molecular flexibility index (Phi) is 7.35. The van der Waals surface area contributed by atoms with E-state index in [0.717, 1.165) is 52.9 Å². The first-order valence-electron chi connectivity index (χ1n) is 11.6. The molecule has 0 spiro atoms. The number of aryl methyl sites for hydroxylation is 2. The van der Waals surface area contributed by atoms with Crippen LogP contribution >= 0.6 is 11.3 Å². The molecule has 3 aromatic rings. The van der Waals surface area contributed by atoms with Crippen molar-refractivity contribution in [1.29, 1.82) is 0 Å². The molecule has 1 saturated heterocycles. The number of benzene rings is 1. The van der Waals surface area contributed by atoms with E-state index in [9.17, 15) is 8.42 Å². The van der Waals surface area contributed by atoms with Crippen LogP contribution in [0.5, 0.6) is 5.75 Å². The minimum atomic E-state index is -3.94. The Morgan fingerprint density at radius 2 is 1.91 bits per heavy atom. The van der Waals surface area contributed by atoms with Crippen LogP contribution < -0.4 is 14.8 Å². The number of hydrogen-bond acceptors (Lipinski definition) is 8. The summed E-state index contributed by atoms with van der Waals surface area (Å²) in [6.07, 6.45) is 3.58. The number of sulfonamides is 1. The van der Waals surface area contributed by atoms with Gasteiger partial charge in [0.15, 0.2) is 5.13 Å². The molecule has 35 heavy (non-hydrogen) atoms. The molecule has 8 nitrogen and oxygen atoms in total. The van der Waals surface area contributed by atoms with Gasteiger partial charge in [0.05, 0.1) is 17.7 Å². The molecule has 0 unspecified atom stereocenters. The molecule has 2 aromatic heterocycles. The Balaban J connectivity index is 1.64. The van der Waals surface area contributed by atoms with Gasteiger partial charge in [-0.15, -0.1) is 0 Å². The number of hydrogen-bond donors (Lipinski definition) is 2. The summed E-state index contributed by atoms with van der Waals surface area (Å²) in [6, 6.07) is 8.73. The molecule has 0 radical (unpaired) electrons. The zero-order valence-electron chi connectivity index (χ0n) is 20.7. The highest BCUT2D eigenvalue weighted by molar-refractivity contribution is 7.92. The molecule has 188 valence electrons. The molecule has 3 heterocycles. The van der Waals surface area contributed by atoms with Gasteiger partial charge in [0.1, 0.15) is 16.5 Å². The lowest BCUT2D eigenvalue weighted by Gasteiger charge is -2.37. The van der Waals surface area contributed by atoms with E-state index in [1.165, 1.54) is 18.4 Å². The van der Waals surface area contributed by atoms with E-state index in [0.29, 0.717) is 5.92 Å². The molecule has 4 rings (SSSR count). The van der Waals surface area contributed by atoms with Gasteiger partial charge < -0.3 is 14.8 Å². The maximum atomic E-state index is 13.3. The van der Waals surface area contributed by atoms with Gasteiger partial charge in [-0.05, 0) is 81.8 Å². The molecular weight excluding hydrogens is 484 g/mol. The first kappa shape index (κ1) is 25.4. The van der Waals surface area contributed by atoms with Crippen molar-refractivity contribution in [2.24, 2.45) is 5.92 Å². The van der Waals surface area contributed by atoms with Crippen molar-refractivity contribution in [3.63, 3.8) is 0 Å². The summed E-state index contributed by atoms with van der Waals surface area (Å²) < 4.78 is 40.1. The number of thiazole rings is 1. The maximum Gasteiger partial charge on any atom is 0.266 e. The Hall–Kier alpha value is -2.69. The maximum absolute atomic E-state index is 13.3. The number of rotatable bonds is 8. The molecule has 2 N–H and O–H groups in total. The third-order valence-electron chi connectivity index (χ3n) is 6.42. The van der Waals surface area contributed by atoms with Gasteiger partial charge in [0.2, 0.25) is 0 Å². The largest absolute Gasteiger partial charge is 0.495 e. The Labute approximate surface area is 211 Å². The van der Waals surface area contributed by atoms with Crippen LogP contribution in [0.1, 0.15) is 37.9 Å². The molecule has 1 aliphatic rings. The number of nitrogens with zero attached hydrogens (tertiary/aromatic N) is 2. The van der Waals surface area contributed by atoms with Crippen molar-refractivity contribution in [2.45, 2.75) is 51.0 Å². The second kappa shape index (κ2) is 10.1. The minimum absolute atomic E-state index is 0.0485. The number of aromatic nitrogens is 2. The fraction of sp³-hybridized carbons (Fsp3) is 0.440. The Bertz CT molecular complexity index is 1300. The summed E-state index contributed by atoms with van der Waals surface area (Å²) in [5.74, 6) is 1.04. The molecule has 0 bridgehead atoms. The van der Waals surface area contributed by atoms with Crippen LogP contribution in [-0.2, 0) is 14.8 Å². The lowest BCUT2D eigenvalue weighted by Crippen LogP contribution is -2.42. The van der Waals surface area contributed by atoms with Crippen LogP contribution in [0.3, 0.4) is 0 Å². The third kappa shape index (κ3) is 5.60. The first-order chi connectivity index (χ1) is 16.6. The van der Waals surface area contributed by atoms with Crippen LogP contribution in [0.4, 0.5) is 10.9 Å². The zero-order valence-corrected chi connectivity index (χ0v) is 22.3. The van der Waals surface area contributed by atoms with E-state index in [4.69, 9.17) is 14.5 Å². The molecule has 0 aliphatic carbocycles. The van der Waals surface area contributed by atoms with Crippen LogP contribution in [0.15, 0.2) is 41.4 Å². The summed E-state index contributed by atoms with van der Waals surface area (Å²) in [7, 11) is -2.48. The average Bonchev–Trinajstić information content (AvgIpc) is 3.19. The average molecular weight is 517 g/mol. The molecule has 1 aliphatic heterocycles. The van der Waals surface area contributed by atoms with E-state index in [1.54, 1.807) is 37.4 Å². The van der Waals surface area contributed by atoms with Crippen molar-refractivity contribution in [3.05, 3.63) is 47.8 Å². The van der Waals surface area contributed by atoms with Gasteiger partial charge in [-0.2, -0.15) is 0 Å². The van der Waals surface area contributed by atoms with Gasteiger partial charge in [-0.1, -0.05) is 17.4 Å². The second-order valence-corrected chi connectivity index (χ2v) is 12.0. The van der Waals surface area contributed by atoms with Crippen molar-refractivity contribution < 1.29 is 17.9 Å². The predicted octanol–water partition coefficient (Wildman–Crippen LogP) is 5.25. The highest BCUT2D eigenvalue weighted by Gasteiger charge is 2.32. The third-order valence-corrected chi connectivity index (χ3v) is 8.91. The smallest absolute Gasteiger partial charge is 0.266 e. The molecule has 0 atom stereocenters. The van der Waals surface area contributed by atoms with Crippen molar-refractivity contribution in [2.75, 3.05) is 30.4 Å². The highest BCUT2D eigenvalue weighted by atomic mass is 32.2.